The van der Waals surface area contributed by atoms with Crippen molar-refractivity contribution in [2.45, 2.75) is 0 Å². The third-order valence-corrected chi connectivity index (χ3v) is 10.5. The summed E-state index contributed by atoms with van der Waals surface area (Å²) in [7, 11) is 0. The number of hydrogen-bond donors (Lipinski definition) is 0. The first-order chi connectivity index (χ1) is 24.8. The van der Waals surface area contributed by atoms with Crippen molar-refractivity contribution in [2.75, 3.05) is 0 Å². The molecule has 9 aromatic carbocycles. The minimum atomic E-state index is 0.872. The predicted molar refractivity (Wildman–Crippen MR) is 210 cm³/mol. The average molecular weight is 637 g/mol. The van der Waals surface area contributed by atoms with E-state index in [0.29, 0.717) is 0 Å². The molecule has 0 saturated heterocycles. The summed E-state index contributed by atoms with van der Waals surface area (Å²) in [5, 5.41) is 12.0. The van der Waals surface area contributed by atoms with Gasteiger partial charge in [-0.2, -0.15) is 0 Å². The van der Waals surface area contributed by atoms with E-state index in [1.54, 1.807) is 0 Å². The van der Waals surface area contributed by atoms with E-state index in [2.05, 4.69) is 146 Å². The topological polar surface area (TPSA) is 26.3 Å². The molecule has 0 aliphatic rings. The van der Waals surface area contributed by atoms with Crippen molar-refractivity contribution in [3.63, 3.8) is 0 Å². The molecule has 2 aromatic heterocycles. The number of hydrogen-bond acceptors (Lipinski definition) is 2. The second kappa shape index (κ2) is 10.4. The van der Waals surface area contributed by atoms with Crippen molar-refractivity contribution >= 4 is 76.2 Å². The summed E-state index contributed by atoms with van der Waals surface area (Å²) < 4.78 is 12.6. The molecule has 50 heavy (non-hydrogen) atoms. The highest BCUT2D eigenvalue weighted by molar-refractivity contribution is 6.26. The first-order valence-corrected chi connectivity index (χ1v) is 17.1. The van der Waals surface area contributed by atoms with E-state index in [-0.39, 0.29) is 0 Å². The molecule has 0 fully saturated rings. The van der Waals surface area contributed by atoms with Gasteiger partial charge < -0.3 is 8.83 Å². The van der Waals surface area contributed by atoms with Gasteiger partial charge in [0.05, 0.1) is 0 Å². The fourth-order valence-corrected chi connectivity index (χ4v) is 8.26. The molecule has 2 nitrogen and oxygen atoms in total. The molecule has 0 spiro atoms. The smallest absolute Gasteiger partial charge is 0.136 e. The number of para-hydroxylation sites is 1. The molecular formula is C48H28O2. The van der Waals surface area contributed by atoms with E-state index in [4.69, 9.17) is 8.83 Å². The van der Waals surface area contributed by atoms with E-state index >= 15 is 0 Å². The standard InChI is InChI=1S/C48H28O2/c1-2-12-33-30(10-1)11-9-18-34(33)46-37-15-5-3-13-35(37)45(36-14-4-6-16-38(36)46)31-22-20-29(21-23-31)32-24-25-40-44(28-32)50-43-27-26-42-47(48(40)43)39-17-7-8-19-41(39)49-42/h1-28H. The largest absolute Gasteiger partial charge is 0.456 e. The summed E-state index contributed by atoms with van der Waals surface area (Å²) in [6.07, 6.45) is 0. The maximum Gasteiger partial charge on any atom is 0.136 e. The predicted octanol–water partition coefficient (Wildman–Crippen LogP) is 13.9. The van der Waals surface area contributed by atoms with Gasteiger partial charge in [-0.05, 0) is 96.0 Å². The number of furan rings is 2. The van der Waals surface area contributed by atoms with Crippen molar-refractivity contribution < 1.29 is 8.83 Å². The fraction of sp³-hybridized carbons (Fsp3) is 0. The summed E-state index contributed by atoms with van der Waals surface area (Å²) in [6.45, 7) is 0. The lowest BCUT2D eigenvalue weighted by atomic mass is 9.84. The maximum atomic E-state index is 6.46. The van der Waals surface area contributed by atoms with Crippen LogP contribution < -0.4 is 0 Å². The number of benzene rings is 9. The highest BCUT2D eigenvalue weighted by Crippen LogP contribution is 2.46. The van der Waals surface area contributed by atoms with Crippen LogP contribution in [0, 0.1) is 0 Å². The highest BCUT2D eigenvalue weighted by Gasteiger charge is 2.19. The van der Waals surface area contributed by atoms with Crippen LogP contribution in [0.1, 0.15) is 0 Å². The lowest BCUT2D eigenvalue weighted by molar-refractivity contribution is 0.663. The SMILES string of the molecule is c1ccc2c(-c3c4ccccc4c(-c4ccc(-c5ccc6c(c5)oc5ccc7oc8ccccc8c7c56)cc4)c4ccccc34)cccc2c1. The van der Waals surface area contributed by atoms with Crippen LogP contribution in [0.15, 0.2) is 179 Å². The summed E-state index contributed by atoms with van der Waals surface area (Å²) >= 11 is 0. The van der Waals surface area contributed by atoms with Crippen LogP contribution in [-0.2, 0) is 0 Å². The van der Waals surface area contributed by atoms with E-state index in [9.17, 15) is 0 Å². The molecule has 0 aliphatic heterocycles. The Kier molecular flexibility index (Phi) is 5.70. The monoisotopic (exact) mass is 636 g/mol. The van der Waals surface area contributed by atoms with Gasteiger partial charge >= 0.3 is 0 Å². The first kappa shape index (κ1) is 27.3. The zero-order chi connectivity index (χ0) is 32.8. The maximum absolute atomic E-state index is 6.46. The Hall–Kier alpha value is -6.64. The summed E-state index contributed by atoms with van der Waals surface area (Å²) in [6, 6.07) is 60.9. The molecule has 2 heteroatoms. The Morgan fingerprint density at radius 1 is 0.280 bits per heavy atom. The van der Waals surface area contributed by atoms with Crippen LogP contribution in [0.3, 0.4) is 0 Å². The van der Waals surface area contributed by atoms with Gasteiger partial charge in [-0.3, -0.25) is 0 Å². The summed E-state index contributed by atoms with van der Waals surface area (Å²) in [5.41, 5.74) is 10.8. The lowest BCUT2D eigenvalue weighted by Gasteiger charge is -2.19. The van der Waals surface area contributed by atoms with Crippen molar-refractivity contribution in [1.82, 2.24) is 0 Å². The van der Waals surface area contributed by atoms with E-state index < -0.39 is 0 Å². The molecule has 2 heterocycles. The van der Waals surface area contributed by atoms with Crippen molar-refractivity contribution in [2.24, 2.45) is 0 Å². The Balaban J connectivity index is 1.07. The summed E-state index contributed by atoms with van der Waals surface area (Å²) in [5.74, 6) is 0. The highest BCUT2D eigenvalue weighted by atomic mass is 16.3. The lowest BCUT2D eigenvalue weighted by Crippen LogP contribution is -1.91. The summed E-state index contributed by atoms with van der Waals surface area (Å²) in [4.78, 5) is 0. The van der Waals surface area contributed by atoms with Gasteiger partial charge in [0.25, 0.3) is 0 Å². The van der Waals surface area contributed by atoms with Gasteiger partial charge in [0.1, 0.15) is 22.3 Å². The second-order valence-corrected chi connectivity index (χ2v) is 13.2. The van der Waals surface area contributed by atoms with Gasteiger partial charge in [0, 0.05) is 21.5 Å². The molecule has 0 radical (unpaired) electrons. The van der Waals surface area contributed by atoms with Gasteiger partial charge in [0.15, 0.2) is 0 Å². The third kappa shape index (κ3) is 3.90. The van der Waals surface area contributed by atoms with Crippen LogP contribution in [0.2, 0.25) is 0 Å². The molecule has 0 unspecified atom stereocenters. The Bertz CT molecular complexity index is 3080. The van der Waals surface area contributed by atoms with Gasteiger partial charge in [-0.15, -0.1) is 0 Å². The molecule has 11 rings (SSSR count). The van der Waals surface area contributed by atoms with Crippen LogP contribution in [0.25, 0.3) is 110 Å². The average Bonchev–Trinajstić information content (AvgIpc) is 3.74. The molecule has 0 bridgehead atoms. The normalized spacial score (nSPS) is 12.0. The zero-order valence-corrected chi connectivity index (χ0v) is 27.0. The molecule has 0 N–H and O–H groups in total. The van der Waals surface area contributed by atoms with Crippen LogP contribution in [0.4, 0.5) is 0 Å². The Morgan fingerprint density at radius 2 is 0.780 bits per heavy atom. The molecular weight excluding hydrogens is 609 g/mol. The second-order valence-electron chi connectivity index (χ2n) is 13.2. The van der Waals surface area contributed by atoms with Gasteiger partial charge in [0.2, 0.25) is 0 Å². The Morgan fingerprint density at radius 3 is 1.48 bits per heavy atom. The van der Waals surface area contributed by atoms with Crippen LogP contribution in [0.5, 0.6) is 0 Å². The van der Waals surface area contributed by atoms with Gasteiger partial charge in [-0.25, -0.2) is 0 Å². The van der Waals surface area contributed by atoms with E-state index in [1.807, 2.05) is 24.3 Å². The molecule has 11 aromatic rings. The minimum Gasteiger partial charge on any atom is -0.456 e. The molecule has 232 valence electrons. The van der Waals surface area contributed by atoms with Crippen LogP contribution in [-0.4, -0.2) is 0 Å². The first-order valence-electron chi connectivity index (χ1n) is 17.1. The molecule has 0 saturated carbocycles. The number of rotatable bonds is 3. The minimum absolute atomic E-state index is 0.872. The van der Waals surface area contributed by atoms with Crippen LogP contribution >= 0.6 is 0 Å². The fourth-order valence-electron chi connectivity index (χ4n) is 8.26. The van der Waals surface area contributed by atoms with Gasteiger partial charge in [-0.1, -0.05) is 140 Å². The van der Waals surface area contributed by atoms with Crippen molar-refractivity contribution in [3.8, 4) is 33.4 Å². The Labute approximate surface area is 287 Å². The number of fused-ring (bicyclic) bond motifs is 10. The zero-order valence-electron chi connectivity index (χ0n) is 27.0. The third-order valence-electron chi connectivity index (χ3n) is 10.5. The van der Waals surface area contributed by atoms with Crippen molar-refractivity contribution in [1.29, 1.82) is 0 Å². The molecule has 0 aliphatic carbocycles. The van der Waals surface area contributed by atoms with E-state index in [0.717, 1.165) is 55.0 Å². The van der Waals surface area contributed by atoms with E-state index in [1.165, 1.54) is 54.6 Å². The molecule has 0 amide bonds. The molecule has 0 atom stereocenters. The quantitative estimate of drug-likeness (QED) is 0.180. The van der Waals surface area contributed by atoms with Crippen molar-refractivity contribution in [3.05, 3.63) is 170 Å².